The van der Waals surface area contributed by atoms with Crippen molar-refractivity contribution in [1.29, 1.82) is 5.41 Å². The van der Waals surface area contributed by atoms with Gasteiger partial charge in [0.2, 0.25) is 0 Å². The van der Waals surface area contributed by atoms with Crippen molar-refractivity contribution < 1.29 is 4.74 Å². The third-order valence-electron chi connectivity index (χ3n) is 2.07. The van der Waals surface area contributed by atoms with Crippen molar-refractivity contribution in [1.82, 2.24) is 4.98 Å². The highest BCUT2D eigenvalue weighted by Crippen LogP contribution is 2.16. The number of pyridine rings is 1. The molecule has 0 saturated heterocycles. The highest BCUT2D eigenvalue weighted by Gasteiger charge is 2.17. The van der Waals surface area contributed by atoms with Crippen molar-refractivity contribution in [3.8, 4) is 5.75 Å². The van der Waals surface area contributed by atoms with Crippen LogP contribution in [0, 0.1) is 18.3 Å². The second kappa shape index (κ2) is 5.09. The predicted octanol–water partition coefficient (Wildman–Crippen LogP) is 1.91. The maximum Gasteiger partial charge on any atom is 0.193 e. The Labute approximate surface area is 93.9 Å². The van der Waals surface area contributed by atoms with Crippen LogP contribution in [0.2, 0.25) is 0 Å². The van der Waals surface area contributed by atoms with E-state index in [-0.39, 0.29) is 11.8 Å². The second-order valence-electron chi connectivity index (χ2n) is 3.29. The van der Waals surface area contributed by atoms with Gasteiger partial charge in [-0.2, -0.15) is 0 Å². The van der Waals surface area contributed by atoms with Gasteiger partial charge in [0.15, 0.2) is 5.90 Å². The van der Waals surface area contributed by atoms with Gasteiger partial charge >= 0.3 is 0 Å². The average molecular weight is 228 g/mol. The molecule has 0 fully saturated rings. The molecule has 0 bridgehead atoms. The minimum Gasteiger partial charge on any atom is -0.441 e. The van der Waals surface area contributed by atoms with E-state index in [1.807, 2.05) is 6.92 Å². The molecule has 15 heavy (non-hydrogen) atoms. The van der Waals surface area contributed by atoms with E-state index in [1.54, 1.807) is 25.3 Å². The topological polar surface area (TPSA) is 72.0 Å². The normalized spacial score (nSPS) is 14.4. The zero-order valence-corrected chi connectivity index (χ0v) is 9.45. The molecule has 1 rings (SSSR count). The van der Waals surface area contributed by atoms with Crippen LogP contribution in [0.15, 0.2) is 18.3 Å². The van der Waals surface area contributed by atoms with Crippen molar-refractivity contribution in [3.05, 3.63) is 24.0 Å². The zero-order chi connectivity index (χ0) is 11.4. The average Bonchev–Trinajstić information content (AvgIpc) is 2.20. The van der Waals surface area contributed by atoms with Crippen LogP contribution in [0.3, 0.4) is 0 Å². The number of hydrogen-bond acceptors (Lipinski definition) is 4. The molecular weight excluding hydrogens is 214 g/mol. The third-order valence-corrected chi connectivity index (χ3v) is 2.45. The summed E-state index contributed by atoms with van der Waals surface area (Å²) in [7, 11) is 0. The largest absolute Gasteiger partial charge is 0.441 e. The lowest BCUT2D eigenvalue weighted by Gasteiger charge is -2.16. The summed E-state index contributed by atoms with van der Waals surface area (Å²) in [5.41, 5.74) is 5.58. The summed E-state index contributed by atoms with van der Waals surface area (Å²) in [4.78, 5) is 4.05. The molecule has 5 heteroatoms. The molecule has 4 nitrogen and oxygen atoms in total. The van der Waals surface area contributed by atoms with Crippen LogP contribution in [-0.4, -0.2) is 16.4 Å². The van der Waals surface area contributed by atoms with Gasteiger partial charge in [-0.15, -0.1) is 11.6 Å². The molecule has 82 valence electrons. The fourth-order valence-corrected chi connectivity index (χ4v) is 1.05. The lowest BCUT2D eigenvalue weighted by molar-refractivity contribution is 0.478. The van der Waals surface area contributed by atoms with Crippen LogP contribution in [0.4, 0.5) is 0 Å². The summed E-state index contributed by atoms with van der Waals surface area (Å²) < 4.78 is 5.32. The molecule has 1 heterocycles. The van der Waals surface area contributed by atoms with E-state index in [0.717, 1.165) is 5.69 Å². The van der Waals surface area contributed by atoms with Crippen molar-refractivity contribution in [3.63, 3.8) is 0 Å². The Hall–Kier alpha value is -1.13. The summed E-state index contributed by atoms with van der Waals surface area (Å²) >= 11 is 5.67. The lowest BCUT2D eigenvalue weighted by atomic mass is 10.2. The number of nitrogens with two attached hydrogens (primary N) is 1. The number of nitrogens with one attached hydrogen (secondary N) is 1. The number of hydrogen-bond donors (Lipinski definition) is 2. The summed E-state index contributed by atoms with van der Waals surface area (Å²) in [5, 5.41) is 7.64. The Morgan fingerprint density at radius 3 is 2.87 bits per heavy atom. The van der Waals surface area contributed by atoms with Gasteiger partial charge in [0.1, 0.15) is 5.75 Å². The van der Waals surface area contributed by atoms with Gasteiger partial charge in [-0.05, 0) is 19.1 Å². The number of rotatable bonds is 3. The summed E-state index contributed by atoms with van der Waals surface area (Å²) in [6.07, 6.45) is 1.67. The van der Waals surface area contributed by atoms with Crippen molar-refractivity contribution >= 4 is 17.5 Å². The molecule has 0 aliphatic carbocycles. The fourth-order valence-electron chi connectivity index (χ4n) is 0.933. The Morgan fingerprint density at radius 1 is 1.67 bits per heavy atom. The van der Waals surface area contributed by atoms with Gasteiger partial charge in [-0.3, -0.25) is 10.4 Å². The molecule has 0 saturated carbocycles. The monoisotopic (exact) mass is 227 g/mol. The van der Waals surface area contributed by atoms with E-state index in [9.17, 15) is 0 Å². The molecule has 3 N–H and O–H groups in total. The maximum atomic E-state index is 7.64. The highest BCUT2D eigenvalue weighted by molar-refractivity contribution is 6.21. The minimum absolute atomic E-state index is 0.0496. The van der Waals surface area contributed by atoms with E-state index in [0.29, 0.717) is 5.75 Å². The fraction of sp³-hybridized carbons (Fsp3) is 0.400. The Bertz CT molecular complexity index is 354. The van der Waals surface area contributed by atoms with Crippen LogP contribution >= 0.6 is 11.6 Å². The van der Waals surface area contributed by atoms with E-state index < -0.39 is 5.50 Å². The Morgan fingerprint density at radius 2 is 2.33 bits per heavy atom. The van der Waals surface area contributed by atoms with Crippen LogP contribution < -0.4 is 10.5 Å². The standard InChI is InChI=1S/C10H14ClN3O/c1-6(9(11)12)10(13)15-8-4-3-5-14-7(8)2/h3-6,9,13H,12H2,1-2H3. The number of halogens is 1. The Kier molecular flexibility index (Phi) is 4.05. The summed E-state index contributed by atoms with van der Waals surface area (Å²) in [6, 6.07) is 3.50. The lowest BCUT2D eigenvalue weighted by Crippen LogP contribution is -2.31. The van der Waals surface area contributed by atoms with Gasteiger partial charge in [-0.1, -0.05) is 6.92 Å². The number of alkyl halides is 1. The van der Waals surface area contributed by atoms with Crippen LogP contribution in [0.1, 0.15) is 12.6 Å². The van der Waals surface area contributed by atoms with Crippen LogP contribution in [0.25, 0.3) is 0 Å². The molecule has 0 spiro atoms. The maximum absolute atomic E-state index is 7.64. The molecule has 1 aromatic rings. The van der Waals surface area contributed by atoms with Crippen molar-refractivity contribution in [2.45, 2.75) is 19.3 Å². The first-order valence-electron chi connectivity index (χ1n) is 4.60. The minimum atomic E-state index is -0.616. The number of aromatic nitrogens is 1. The second-order valence-corrected chi connectivity index (χ2v) is 3.79. The van der Waals surface area contributed by atoms with Gasteiger partial charge in [0, 0.05) is 6.20 Å². The molecule has 0 aromatic carbocycles. The van der Waals surface area contributed by atoms with Crippen LogP contribution in [0.5, 0.6) is 5.75 Å². The predicted molar refractivity (Wildman–Crippen MR) is 60.3 cm³/mol. The summed E-state index contributed by atoms with van der Waals surface area (Å²) in [5.74, 6) is 0.284. The smallest absolute Gasteiger partial charge is 0.193 e. The molecule has 0 radical (unpaired) electrons. The third kappa shape index (κ3) is 3.18. The number of aryl methyl sites for hydroxylation is 1. The SMILES string of the molecule is Cc1ncccc1OC(=N)C(C)C(N)Cl. The first-order valence-corrected chi connectivity index (χ1v) is 5.03. The zero-order valence-electron chi connectivity index (χ0n) is 8.70. The van der Waals surface area contributed by atoms with E-state index in [2.05, 4.69) is 4.98 Å². The molecule has 0 aliphatic heterocycles. The first-order chi connectivity index (χ1) is 7.02. The first kappa shape index (κ1) is 11.9. The van der Waals surface area contributed by atoms with E-state index in [4.69, 9.17) is 27.5 Å². The van der Waals surface area contributed by atoms with Gasteiger partial charge in [0.25, 0.3) is 0 Å². The number of ether oxygens (including phenoxy) is 1. The van der Waals surface area contributed by atoms with Crippen molar-refractivity contribution in [2.24, 2.45) is 11.7 Å². The molecule has 1 aromatic heterocycles. The Balaban J connectivity index is 2.71. The molecule has 0 amide bonds. The molecular formula is C10H14ClN3O. The summed E-state index contributed by atoms with van der Waals surface area (Å²) in [6.45, 7) is 3.56. The highest BCUT2D eigenvalue weighted by atomic mass is 35.5. The molecule has 0 aliphatic rings. The van der Waals surface area contributed by atoms with Gasteiger partial charge in [0.05, 0.1) is 17.1 Å². The van der Waals surface area contributed by atoms with Crippen molar-refractivity contribution in [2.75, 3.05) is 0 Å². The quantitative estimate of drug-likeness (QED) is 0.359. The van der Waals surface area contributed by atoms with E-state index >= 15 is 0 Å². The van der Waals surface area contributed by atoms with Gasteiger partial charge in [-0.25, -0.2) is 0 Å². The van der Waals surface area contributed by atoms with Gasteiger partial charge < -0.3 is 10.5 Å². The number of nitrogens with zero attached hydrogens (tertiary/aromatic N) is 1. The van der Waals surface area contributed by atoms with E-state index in [1.165, 1.54) is 0 Å². The molecule has 2 unspecified atom stereocenters. The molecule has 2 atom stereocenters. The van der Waals surface area contributed by atoms with Crippen LogP contribution in [-0.2, 0) is 0 Å².